The fourth-order valence-corrected chi connectivity index (χ4v) is 3.82. The predicted octanol–water partition coefficient (Wildman–Crippen LogP) is 3.43. The molecule has 156 valence electrons. The second-order valence-corrected chi connectivity index (χ2v) is 7.55. The highest BCUT2D eigenvalue weighted by Crippen LogP contribution is 2.37. The van der Waals surface area contributed by atoms with E-state index in [0.29, 0.717) is 34.2 Å². The summed E-state index contributed by atoms with van der Waals surface area (Å²) in [4.78, 5) is 21.5. The Balaban J connectivity index is 1.89. The molecule has 2 unspecified atom stereocenters. The Morgan fingerprint density at radius 1 is 1.23 bits per heavy atom. The van der Waals surface area contributed by atoms with E-state index in [1.807, 2.05) is 6.92 Å². The maximum absolute atomic E-state index is 15.1. The maximum Gasteiger partial charge on any atom is 0.413 e. The second-order valence-electron chi connectivity index (χ2n) is 7.55. The van der Waals surface area contributed by atoms with Crippen molar-refractivity contribution >= 4 is 34.1 Å². The fraction of sp³-hybridized carbons (Fsp3) is 0.286. The topological polar surface area (TPSA) is 128 Å². The summed E-state index contributed by atoms with van der Waals surface area (Å²) in [6, 6.07) is 2.86. The van der Waals surface area contributed by atoms with Crippen LogP contribution in [-0.2, 0) is 4.74 Å². The molecule has 2 atom stereocenters. The number of aromatic nitrogens is 2. The number of rotatable bonds is 3. The van der Waals surface area contributed by atoms with Crippen molar-refractivity contribution in [1.29, 1.82) is 0 Å². The average Bonchev–Trinajstić information content (AvgIpc) is 3.12. The summed E-state index contributed by atoms with van der Waals surface area (Å²) in [5.74, 6) is -0.342. The molecule has 30 heavy (non-hydrogen) atoms. The minimum absolute atomic E-state index is 0.0217. The predicted molar refractivity (Wildman–Crippen MR) is 113 cm³/mol. The van der Waals surface area contributed by atoms with Crippen LogP contribution < -0.4 is 16.4 Å². The molecule has 1 aliphatic rings. The highest BCUT2D eigenvalue weighted by molar-refractivity contribution is 5.99. The van der Waals surface area contributed by atoms with Crippen molar-refractivity contribution in [1.82, 2.24) is 9.97 Å². The van der Waals surface area contributed by atoms with Gasteiger partial charge in [0.05, 0.1) is 36.8 Å². The first-order valence-electron chi connectivity index (χ1n) is 9.47. The Morgan fingerprint density at radius 3 is 2.67 bits per heavy atom. The van der Waals surface area contributed by atoms with Crippen LogP contribution in [0.3, 0.4) is 0 Å². The van der Waals surface area contributed by atoms with Crippen molar-refractivity contribution in [3.05, 3.63) is 42.1 Å². The standard InChI is InChI=1S/C21H22FN5O3/c1-10-8-30-9-17(10)27(21(28)29)18-4-12-3-13(14-5-25-7-16(23)11(14)2)19(22)20(24)15(12)6-26-18/h3-7,10,17H,8-9,23-24H2,1-2H3,(H,28,29). The molecule has 3 aromatic rings. The summed E-state index contributed by atoms with van der Waals surface area (Å²) in [6.07, 6.45) is 3.29. The van der Waals surface area contributed by atoms with E-state index in [1.54, 1.807) is 19.1 Å². The number of fused-ring (bicyclic) bond motifs is 1. The zero-order valence-corrected chi connectivity index (χ0v) is 16.6. The van der Waals surface area contributed by atoms with Crippen molar-refractivity contribution in [3.63, 3.8) is 0 Å². The average molecular weight is 411 g/mol. The number of nitrogen functional groups attached to an aromatic ring is 2. The highest BCUT2D eigenvalue weighted by Gasteiger charge is 2.35. The third kappa shape index (κ3) is 3.17. The number of hydrogen-bond acceptors (Lipinski definition) is 6. The lowest BCUT2D eigenvalue weighted by Crippen LogP contribution is -2.43. The molecular formula is C21H22FN5O3. The Bertz CT molecular complexity index is 1150. The fourth-order valence-electron chi connectivity index (χ4n) is 3.82. The molecule has 1 aliphatic heterocycles. The van der Waals surface area contributed by atoms with Crippen molar-refractivity contribution in [2.45, 2.75) is 19.9 Å². The number of carbonyl (C=O) groups is 1. The molecule has 2 aromatic heterocycles. The van der Waals surface area contributed by atoms with Crippen molar-refractivity contribution in [3.8, 4) is 11.1 Å². The van der Waals surface area contributed by atoms with Gasteiger partial charge in [0, 0.05) is 34.8 Å². The molecule has 0 radical (unpaired) electrons. The van der Waals surface area contributed by atoms with E-state index in [9.17, 15) is 9.90 Å². The molecule has 1 aromatic carbocycles. The molecule has 3 heterocycles. The minimum Gasteiger partial charge on any atom is -0.465 e. The first kappa shape index (κ1) is 19.8. The lowest BCUT2D eigenvalue weighted by Gasteiger charge is -2.27. The van der Waals surface area contributed by atoms with E-state index < -0.39 is 11.9 Å². The van der Waals surface area contributed by atoms with Gasteiger partial charge in [-0.3, -0.25) is 9.88 Å². The molecule has 1 saturated heterocycles. The number of amides is 1. The van der Waals surface area contributed by atoms with Crippen LogP contribution in [0.2, 0.25) is 0 Å². The summed E-state index contributed by atoms with van der Waals surface area (Å²) >= 11 is 0. The summed E-state index contributed by atoms with van der Waals surface area (Å²) in [6.45, 7) is 4.47. The van der Waals surface area contributed by atoms with Crippen LogP contribution >= 0.6 is 0 Å². The van der Waals surface area contributed by atoms with Gasteiger partial charge >= 0.3 is 6.09 Å². The number of halogens is 1. The second kappa shape index (κ2) is 7.42. The molecule has 1 amide bonds. The monoisotopic (exact) mass is 411 g/mol. The quantitative estimate of drug-likeness (QED) is 0.563. The molecule has 0 bridgehead atoms. The van der Waals surface area contributed by atoms with Gasteiger partial charge < -0.3 is 21.3 Å². The number of nitrogens with zero attached hydrogens (tertiary/aromatic N) is 3. The van der Waals surface area contributed by atoms with Crippen LogP contribution in [0.1, 0.15) is 12.5 Å². The first-order chi connectivity index (χ1) is 14.3. The molecule has 5 N–H and O–H groups in total. The van der Waals surface area contributed by atoms with E-state index in [0.717, 1.165) is 0 Å². The Kier molecular flexibility index (Phi) is 4.90. The maximum atomic E-state index is 15.1. The van der Waals surface area contributed by atoms with Gasteiger partial charge in [-0.05, 0) is 30.0 Å². The molecule has 9 heteroatoms. The Morgan fingerprint density at radius 2 is 2.00 bits per heavy atom. The zero-order chi connectivity index (χ0) is 21.6. The van der Waals surface area contributed by atoms with Crippen LogP contribution in [-0.4, -0.2) is 40.4 Å². The molecule has 0 spiro atoms. The molecule has 0 aliphatic carbocycles. The van der Waals surface area contributed by atoms with E-state index in [4.69, 9.17) is 16.2 Å². The van der Waals surface area contributed by atoms with Gasteiger partial charge in [0.25, 0.3) is 0 Å². The normalized spacial score (nSPS) is 18.6. The number of anilines is 3. The van der Waals surface area contributed by atoms with Crippen LogP contribution in [0, 0.1) is 18.7 Å². The third-order valence-corrected chi connectivity index (χ3v) is 5.64. The van der Waals surface area contributed by atoms with Crippen LogP contribution in [0.4, 0.5) is 26.4 Å². The Hall–Kier alpha value is -3.46. The van der Waals surface area contributed by atoms with Crippen LogP contribution in [0.5, 0.6) is 0 Å². The van der Waals surface area contributed by atoms with E-state index >= 15 is 4.39 Å². The summed E-state index contributed by atoms with van der Waals surface area (Å²) in [5.41, 5.74) is 13.8. The Labute approximate surface area is 172 Å². The van der Waals surface area contributed by atoms with Gasteiger partial charge in [-0.15, -0.1) is 0 Å². The van der Waals surface area contributed by atoms with Gasteiger partial charge in [-0.25, -0.2) is 14.2 Å². The third-order valence-electron chi connectivity index (χ3n) is 5.64. The minimum atomic E-state index is -1.13. The van der Waals surface area contributed by atoms with Gasteiger partial charge in [0.15, 0.2) is 5.82 Å². The van der Waals surface area contributed by atoms with E-state index in [1.165, 1.54) is 23.5 Å². The summed E-state index contributed by atoms with van der Waals surface area (Å²) < 4.78 is 20.5. The van der Waals surface area contributed by atoms with Gasteiger partial charge in [-0.1, -0.05) is 6.92 Å². The lowest BCUT2D eigenvalue weighted by molar-refractivity contribution is 0.181. The van der Waals surface area contributed by atoms with Crippen molar-refractivity contribution in [2.75, 3.05) is 29.6 Å². The van der Waals surface area contributed by atoms with Crippen molar-refractivity contribution < 1.29 is 19.0 Å². The summed E-state index contributed by atoms with van der Waals surface area (Å²) in [5, 5.41) is 10.8. The van der Waals surface area contributed by atoms with Crippen LogP contribution in [0.15, 0.2) is 30.7 Å². The van der Waals surface area contributed by atoms with Crippen molar-refractivity contribution in [2.24, 2.45) is 5.92 Å². The van der Waals surface area contributed by atoms with Gasteiger partial charge in [0.1, 0.15) is 5.82 Å². The number of ether oxygens (including phenoxy) is 1. The number of pyridine rings is 2. The highest BCUT2D eigenvalue weighted by atomic mass is 19.1. The molecule has 8 nitrogen and oxygen atoms in total. The first-order valence-corrected chi connectivity index (χ1v) is 9.47. The number of carboxylic acid groups (broad SMARTS) is 1. The van der Waals surface area contributed by atoms with Crippen LogP contribution in [0.25, 0.3) is 21.9 Å². The molecule has 4 rings (SSSR count). The lowest BCUT2D eigenvalue weighted by atomic mass is 9.97. The van der Waals surface area contributed by atoms with Gasteiger partial charge in [0.2, 0.25) is 0 Å². The number of nitrogens with two attached hydrogens (primary N) is 2. The smallest absolute Gasteiger partial charge is 0.413 e. The molecular weight excluding hydrogens is 389 g/mol. The van der Waals surface area contributed by atoms with E-state index in [2.05, 4.69) is 9.97 Å². The largest absolute Gasteiger partial charge is 0.465 e. The van der Waals surface area contributed by atoms with E-state index in [-0.39, 0.29) is 35.6 Å². The zero-order valence-electron chi connectivity index (χ0n) is 16.6. The molecule has 0 saturated carbocycles. The number of hydrogen-bond donors (Lipinski definition) is 3. The SMILES string of the molecule is Cc1c(N)cncc1-c1cc2cc(N(C(=O)O)C3COCC3C)ncc2c(N)c1F. The van der Waals surface area contributed by atoms with Gasteiger partial charge in [-0.2, -0.15) is 0 Å². The molecule has 1 fully saturated rings. The summed E-state index contributed by atoms with van der Waals surface area (Å²) in [7, 11) is 0. The number of benzene rings is 1.